The van der Waals surface area contributed by atoms with Crippen LogP contribution in [0.4, 0.5) is 5.69 Å². The first kappa shape index (κ1) is 13.1. The Hall–Kier alpha value is -2.37. The molecular formula is C13H17N5O. The summed E-state index contributed by atoms with van der Waals surface area (Å²) in [6.45, 7) is 2.03. The molecule has 1 amide bonds. The Morgan fingerprint density at radius 1 is 1.47 bits per heavy atom. The van der Waals surface area contributed by atoms with Crippen molar-refractivity contribution in [1.29, 1.82) is 0 Å². The van der Waals surface area contributed by atoms with Crippen LogP contribution in [0.15, 0.2) is 30.7 Å². The van der Waals surface area contributed by atoms with E-state index in [1.807, 2.05) is 19.2 Å². The molecule has 0 saturated heterocycles. The van der Waals surface area contributed by atoms with E-state index in [2.05, 4.69) is 20.5 Å². The van der Waals surface area contributed by atoms with Gasteiger partial charge in [-0.15, -0.1) is 0 Å². The SMILES string of the molecule is CC(Nc1ccnc(C(=O)N(C)C)c1)c1cn[nH]c1. The summed E-state index contributed by atoms with van der Waals surface area (Å²) < 4.78 is 0. The molecule has 1 atom stereocenters. The van der Waals surface area contributed by atoms with E-state index in [1.54, 1.807) is 32.6 Å². The Morgan fingerprint density at radius 3 is 2.89 bits per heavy atom. The van der Waals surface area contributed by atoms with Crippen molar-refractivity contribution in [2.75, 3.05) is 19.4 Å². The molecule has 0 saturated carbocycles. The summed E-state index contributed by atoms with van der Waals surface area (Å²) in [5, 5.41) is 10.0. The number of aromatic amines is 1. The predicted molar refractivity (Wildman–Crippen MR) is 72.9 cm³/mol. The van der Waals surface area contributed by atoms with Gasteiger partial charge in [0, 0.05) is 37.7 Å². The van der Waals surface area contributed by atoms with Crippen molar-refractivity contribution in [2.45, 2.75) is 13.0 Å². The number of carbonyl (C=O) groups excluding carboxylic acids is 1. The second-order valence-electron chi connectivity index (χ2n) is 4.53. The first-order valence-electron chi connectivity index (χ1n) is 6.01. The number of carbonyl (C=O) groups is 1. The third-order valence-corrected chi connectivity index (χ3v) is 2.79. The molecule has 2 rings (SSSR count). The van der Waals surface area contributed by atoms with E-state index >= 15 is 0 Å². The van der Waals surface area contributed by atoms with Crippen LogP contribution in [-0.2, 0) is 0 Å². The minimum Gasteiger partial charge on any atom is -0.378 e. The van der Waals surface area contributed by atoms with Crippen LogP contribution in [0.3, 0.4) is 0 Å². The third kappa shape index (κ3) is 3.09. The second-order valence-corrected chi connectivity index (χ2v) is 4.53. The first-order chi connectivity index (χ1) is 9.08. The van der Waals surface area contributed by atoms with Gasteiger partial charge in [-0.1, -0.05) is 0 Å². The van der Waals surface area contributed by atoms with Crippen LogP contribution < -0.4 is 5.32 Å². The summed E-state index contributed by atoms with van der Waals surface area (Å²) in [5.41, 5.74) is 2.33. The average molecular weight is 259 g/mol. The predicted octanol–water partition coefficient (Wildman–Crippen LogP) is 1.68. The van der Waals surface area contributed by atoms with Crippen LogP contribution in [0.5, 0.6) is 0 Å². The lowest BCUT2D eigenvalue weighted by Crippen LogP contribution is -2.22. The molecule has 0 fully saturated rings. The van der Waals surface area contributed by atoms with Crippen LogP contribution in [0.2, 0.25) is 0 Å². The van der Waals surface area contributed by atoms with Gasteiger partial charge in [0.05, 0.1) is 12.2 Å². The van der Waals surface area contributed by atoms with Gasteiger partial charge in [-0.05, 0) is 19.1 Å². The maximum absolute atomic E-state index is 11.8. The summed E-state index contributed by atoms with van der Waals surface area (Å²) in [6.07, 6.45) is 5.23. The summed E-state index contributed by atoms with van der Waals surface area (Å²) in [6, 6.07) is 3.69. The number of pyridine rings is 1. The molecule has 0 aromatic carbocycles. The van der Waals surface area contributed by atoms with E-state index in [0.29, 0.717) is 5.69 Å². The number of H-pyrrole nitrogens is 1. The summed E-state index contributed by atoms with van der Waals surface area (Å²) >= 11 is 0. The van der Waals surface area contributed by atoms with Crippen molar-refractivity contribution in [3.8, 4) is 0 Å². The Balaban J connectivity index is 2.13. The quantitative estimate of drug-likeness (QED) is 0.876. The summed E-state index contributed by atoms with van der Waals surface area (Å²) in [7, 11) is 3.41. The smallest absolute Gasteiger partial charge is 0.272 e. The van der Waals surface area contributed by atoms with Crippen molar-refractivity contribution >= 4 is 11.6 Å². The molecule has 2 heterocycles. The Kier molecular flexibility index (Phi) is 3.79. The van der Waals surface area contributed by atoms with Crippen LogP contribution in [0.1, 0.15) is 29.0 Å². The number of rotatable bonds is 4. The van der Waals surface area contributed by atoms with E-state index in [9.17, 15) is 4.79 Å². The molecule has 19 heavy (non-hydrogen) atoms. The first-order valence-corrected chi connectivity index (χ1v) is 6.01. The zero-order chi connectivity index (χ0) is 13.8. The maximum atomic E-state index is 11.8. The maximum Gasteiger partial charge on any atom is 0.272 e. The van der Waals surface area contributed by atoms with Crippen molar-refractivity contribution in [3.63, 3.8) is 0 Å². The number of amides is 1. The van der Waals surface area contributed by atoms with Gasteiger partial charge >= 0.3 is 0 Å². The van der Waals surface area contributed by atoms with Crippen molar-refractivity contribution in [3.05, 3.63) is 42.0 Å². The fourth-order valence-corrected chi connectivity index (χ4v) is 1.70. The molecule has 1 unspecified atom stereocenters. The highest BCUT2D eigenvalue weighted by Gasteiger charge is 2.11. The molecule has 2 aromatic heterocycles. The van der Waals surface area contributed by atoms with Gasteiger partial charge in [-0.3, -0.25) is 14.9 Å². The minimum atomic E-state index is -0.111. The number of hydrogen-bond donors (Lipinski definition) is 2. The fraction of sp³-hybridized carbons (Fsp3) is 0.308. The van der Waals surface area contributed by atoms with Gasteiger partial charge in [0.2, 0.25) is 0 Å². The van der Waals surface area contributed by atoms with Gasteiger partial charge in [0.25, 0.3) is 5.91 Å². The molecule has 2 aromatic rings. The summed E-state index contributed by atoms with van der Waals surface area (Å²) in [4.78, 5) is 17.4. The fourth-order valence-electron chi connectivity index (χ4n) is 1.70. The van der Waals surface area contributed by atoms with Crippen LogP contribution in [0.25, 0.3) is 0 Å². The standard InChI is InChI=1S/C13H17N5O/c1-9(10-7-15-16-8-10)17-11-4-5-14-12(6-11)13(19)18(2)3/h4-9H,1-3H3,(H,14,17)(H,15,16). The second kappa shape index (κ2) is 5.51. The van der Waals surface area contributed by atoms with E-state index in [4.69, 9.17) is 0 Å². The molecule has 6 heteroatoms. The molecule has 100 valence electrons. The van der Waals surface area contributed by atoms with Crippen molar-refractivity contribution < 1.29 is 4.79 Å². The molecule has 2 N–H and O–H groups in total. The average Bonchev–Trinajstić information content (AvgIpc) is 2.92. The zero-order valence-corrected chi connectivity index (χ0v) is 11.2. The molecule has 0 aliphatic heterocycles. The molecule has 6 nitrogen and oxygen atoms in total. The van der Waals surface area contributed by atoms with Crippen LogP contribution in [0, 0.1) is 0 Å². The highest BCUT2D eigenvalue weighted by atomic mass is 16.2. The van der Waals surface area contributed by atoms with Gasteiger partial charge in [0.1, 0.15) is 5.69 Å². The van der Waals surface area contributed by atoms with Crippen LogP contribution in [-0.4, -0.2) is 40.1 Å². The van der Waals surface area contributed by atoms with Crippen molar-refractivity contribution in [1.82, 2.24) is 20.1 Å². The van der Waals surface area contributed by atoms with E-state index in [-0.39, 0.29) is 11.9 Å². The number of nitrogens with zero attached hydrogens (tertiary/aromatic N) is 3. The number of nitrogens with one attached hydrogen (secondary N) is 2. The molecule has 0 aliphatic rings. The van der Waals surface area contributed by atoms with Gasteiger partial charge in [-0.2, -0.15) is 5.10 Å². The van der Waals surface area contributed by atoms with Crippen LogP contribution >= 0.6 is 0 Å². The minimum absolute atomic E-state index is 0.100. The highest BCUT2D eigenvalue weighted by Crippen LogP contribution is 2.18. The monoisotopic (exact) mass is 259 g/mol. The molecular weight excluding hydrogens is 242 g/mol. The summed E-state index contributed by atoms with van der Waals surface area (Å²) in [5.74, 6) is -0.111. The zero-order valence-electron chi connectivity index (χ0n) is 11.2. The van der Waals surface area contributed by atoms with Gasteiger partial charge < -0.3 is 10.2 Å². The van der Waals surface area contributed by atoms with E-state index < -0.39 is 0 Å². The molecule has 0 aliphatic carbocycles. The Morgan fingerprint density at radius 2 is 2.26 bits per heavy atom. The lowest BCUT2D eigenvalue weighted by atomic mass is 10.2. The van der Waals surface area contributed by atoms with Crippen molar-refractivity contribution in [2.24, 2.45) is 0 Å². The molecule has 0 radical (unpaired) electrons. The molecule has 0 spiro atoms. The number of hydrogen-bond acceptors (Lipinski definition) is 4. The largest absolute Gasteiger partial charge is 0.378 e. The van der Waals surface area contributed by atoms with E-state index in [0.717, 1.165) is 11.3 Å². The lowest BCUT2D eigenvalue weighted by molar-refractivity contribution is 0.0822. The normalized spacial score (nSPS) is 11.9. The number of aromatic nitrogens is 3. The number of anilines is 1. The lowest BCUT2D eigenvalue weighted by Gasteiger charge is -2.15. The van der Waals surface area contributed by atoms with E-state index in [1.165, 1.54) is 4.90 Å². The van der Waals surface area contributed by atoms with Gasteiger partial charge in [-0.25, -0.2) is 0 Å². The molecule has 0 bridgehead atoms. The third-order valence-electron chi connectivity index (χ3n) is 2.79. The topological polar surface area (TPSA) is 73.9 Å². The highest BCUT2D eigenvalue weighted by molar-refractivity contribution is 5.92. The Bertz CT molecular complexity index is 550. The Labute approximate surface area is 111 Å². The van der Waals surface area contributed by atoms with Gasteiger partial charge in [0.15, 0.2) is 0 Å².